The van der Waals surface area contributed by atoms with E-state index in [0.29, 0.717) is 17.7 Å². The van der Waals surface area contributed by atoms with Crippen molar-refractivity contribution >= 4 is 5.78 Å². The highest BCUT2D eigenvalue weighted by molar-refractivity contribution is 5.98. The minimum atomic E-state index is 0.157. The van der Waals surface area contributed by atoms with Gasteiger partial charge in [0, 0.05) is 25.4 Å². The van der Waals surface area contributed by atoms with E-state index in [1.807, 2.05) is 17.8 Å². The van der Waals surface area contributed by atoms with Gasteiger partial charge in [-0.1, -0.05) is 24.3 Å². The van der Waals surface area contributed by atoms with Crippen molar-refractivity contribution in [1.82, 2.24) is 9.55 Å². The molecule has 0 amide bonds. The van der Waals surface area contributed by atoms with Gasteiger partial charge in [-0.3, -0.25) is 4.79 Å². The molecule has 1 heterocycles. The summed E-state index contributed by atoms with van der Waals surface area (Å²) in [6.45, 7) is 0. The van der Waals surface area contributed by atoms with E-state index in [9.17, 15) is 4.79 Å². The van der Waals surface area contributed by atoms with Gasteiger partial charge in [-0.25, -0.2) is 4.98 Å². The number of aromatic nitrogens is 2. The Hall–Kier alpha value is -1.90. The van der Waals surface area contributed by atoms with Gasteiger partial charge in [-0.15, -0.1) is 0 Å². The van der Waals surface area contributed by atoms with Crippen LogP contribution in [0.3, 0.4) is 0 Å². The normalized spacial score (nSPS) is 27.5. The maximum Gasteiger partial charge on any atom is 0.202 e. The highest BCUT2D eigenvalue weighted by Gasteiger charge is 2.57. The first-order chi connectivity index (χ1) is 9.27. The van der Waals surface area contributed by atoms with E-state index in [4.69, 9.17) is 0 Å². The summed E-state index contributed by atoms with van der Waals surface area (Å²) >= 11 is 0. The molecule has 1 aromatic carbocycles. The van der Waals surface area contributed by atoms with Gasteiger partial charge in [0.2, 0.25) is 5.78 Å². The monoisotopic (exact) mass is 252 g/mol. The van der Waals surface area contributed by atoms with Gasteiger partial charge in [0.1, 0.15) is 0 Å². The molecule has 0 spiro atoms. The van der Waals surface area contributed by atoms with Gasteiger partial charge in [0.05, 0.1) is 0 Å². The van der Waals surface area contributed by atoms with Crippen LogP contribution < -0.4 is 0 Å². The smallest absolute Gasteiger partial charge is 0.202 e. The Bertz CT molecular complexity index is 658. The van der Waals surface area contributed by atoms with E-state index < -0.39 is 0 Å². The highest BCUT2D eigenvalue weighted by Crippen LogP contribution is 2.60. The average molecular weight is 252 g/mol. The van der Waals surface area contributed by atoms with E-state index in [0.717, 1.165) is 12.8 Å². The molecule has 3 unspecified atom stereocenters. The molecule has 3 atom stereocenters. The zero-order chi connectivity index (χ0) is 13.0. The topological polar surface area (TPSA) is 34.9 Å². The van der Waals surface area contributed by atoms with Crippen molar-refractivity contribution < 1.29 is 4.79 Å². The molecule has 19 heavy (non-hydrogen) atoms. The maximum absolute atomic E-state index is 12.6. The third kappa shape index (κ3) is 1.51. The first-order valence-electron chi connectivity index (χ1n) is 6.86. The van der Waals surface area contributed by atoms with Crippen LogP contribution in [0.2, 0.25) is 0 Å². The second-order valence-electron chi connectivity index (χ2n) is 5.68. The Morgan fingerprint density at radius 3 is 3.00 bits per heavy atom. The lowest BCUT2D eigenvalue weighted by Crippen LogP contribution is -2.10. The van der Waals surface area contributed by atoms with Crippen molar-refractivity contribution in [2.45, 2.75) is 18.8 Å². The fraction of sp³-hybridized carbons (Fsp3) is 0.375. The SMILES string of the molecule is Cn1ccnc1C(=O)C1C2CCc3ccccc3C21. The molecule has 0 N–H and O–H groups in total. The standard InChI is InChI=1S/C16H16N2O/c1-18-9-8-17-16(18)15(19)14-12-7-6-10-4-2-3-5-11(10)13(12)14/h2-5,8-9,12-14H,6-7H2,1H3. The number of carbonyl (C=O) groups is 1. The number of Topliss-reactive ketones (excluding diaryl/α,β-unsaturated/α-hetero) is 1. The van der Waals surface area contributed by atoms with Crippen molar-refractivity contribution in [3.63, 3.8) is 0 Å². The Kier molecular flexibility index (Phi) is 2.19. The molecule has 2 aliphatic carbocycles. The van der Waals surface area contributed by atoms with Crippen molar-refractivity contribution in [3.05, 3.63) is 53.6 Å². The highest BCUT2D eigenvalue weighted by atomic mass is 16.1. The minimum absolute atomic E-state index is 0.157. The van der Waals surface area contributed by atoms with E-state index in [2.05, 4.69) is 29.2 Å². The quantitative estimate of drug-likeness (QED) is 0.770. The number of hydrogen-bond donors (Lipinski definition) is 0. The third-order valence-corrected chi connectivity index (χ3v) is 4.67. The number of ketones is 1. The molecule has 2 aliphatic rings. The van der Waals surface area contributed by atoms with Crippen LogP contribution in [0, 0.1) is 11.8 Å². The van der Waals surface area contributed by atoms with Crippen molar-refractivity contribution in [2.24, 2.45) is 18.9 Å². The summed E-state index contributed by atoms with van der Waals surface area (Å²) < 4.78 is 1.83. The summed E-state index contributed by atoms with van der Waals surface area (Å²) in [5.74, 6) is 1.97. The zero-order valence-electron chi connectivity index (χ0n) is 10.9. The van der Waals surface area contributed by atoms with Crippen LogP contribution in [-0.4, -0.2) is 15.3 Å². The molecule has 1 saturated carbocycles. The molecule has 1 fully saturated rings. The first-order valence-corrected chi connectivity index (χ1v) is 6.86. The van der Waals surface area contributed by atoms with Gasteiger partial charge >= 0.3 is 0 Å². The van der Waals surface area contributed by atoms with Gasteiger partial charge in [0.25, 0.3) is 0 Å². The molecule has 0 saturated heterocycles. The molecular formula is C16H16N2O. The van der Waals surface area contributed by atoms with Crippen LogP contribution in [0.15, 0.2) is 36.7 Å². The lowest BCUT2D eigenvalue weighted by Gasteiger charge is -2.13. The molecule has 0 radical (unpaired) electrons. The predicted octanol–water partition coefficient (Wildman–Crippen LogP) is 2.58. The Balaban J connectivity index is 1.68. The number of hydrogen-bond acceptors (Lipinski definition) is 2. The second kappa shape index (κ2) is 3.80. The number of imidazole rings is 1. The molecule has 96 valence electrons. The van der Waals surface area contributed by atoms with Gasteiger partial charge < -0.3 is 4.57 Å². The summed E-state index contributed by atoms with van der Waals surface area (Å²) in [6.07, 6.45) is 5.80. The van der Waals surface area contributed by atoms with Crippen molar-refractivity contribution in [2.75, 3.05) is 0 Å². The molecule has 1 aromatic heterocycles. The summed E-state index contributed by atoms with van der Waals surface area (Å²) in [5.41, 5.74) is 2.82. The summed E-state index contributed by atoms with van der Waals surface area (Å²) in [4.78, 5) is 16.8. The number of benzene rings is 1. The fourth-order valence-corrected chi connectivity index (χ4v) is 3.68. The predicted molar refractivity (Wildman–Crippen MR) is 72.0 cm³/mol. The van der Waals surface area contributed by atoms with Crippen molar-refractivity contribution in [1.29, 1.82) is 0 Å². The molecule has 0 bridgehead atoms. The van der Waals surface area contributed by atoms with Gasteiger partial charge in [0.15, 0.2) is 5.82 Å². The lowest BCUT2D eigenvalue weighted by molar-refractivity contribution is 0.0946. The van der Waals surface area contributed by atoms with Crippen LogP contribution in [0.4, 0.5) is 0 Å². The van der Waals surface area contributed by atoms with Crippen LogP contribution in [-0.2, 0) is 13.5 Å². The number of rotatable bonds is 2. The molecule has 2 aromatic rings. The fourth-order valence-electron chi connectivity index (χ4n) is 3.68. The van der Waals surface area contributed by atoms with E-state index in [1.54, 1.807) is 6.20 Å². The van der Waals surface area contributed by atoms with Crippen LogP contribution in [0.1, 0.15) is 34.1 Å². The summed E-state index contributed by atoms with van der Waals surface area (Å²) in [5, 5.41) is 0. The molecule has 3 heteroatoms. The van der Waals surface area contributed by atoms with E-state index >= 15 is 0 Å². The van der Waals surface area contributed by atoms with Gasteiger partial charge in [-0.2, -0.15) is 0 Å². The average Bonchev–Trinajstić information content (AvgIpc) is 3.04. The summed E-state index contributed by atoms with van der Waals surface area (Å²) in [6, 6.07) is 8.57. The van der Waals surface area contributed by atoms with Crippen molar-refractivity contribution in [3.8, 4) is 0 Å². The maximum atomic E-state index is 12.6. The Morgan fingerprint density at radius 2 is 2.21 bits per heavy atom. The number of aryl methyl sites for hydroxylation is 2. The van der Waals surface area contributed by atoms with Crippen LogP contribution in [0.5, 0.6) is 0 Å². The summed E-state index contributed by atoms with van der Waals surface area (Å²) in [7, 11) is 1.89. The van der Waals surface area contributed by atoms with Gasteiger partial charge in [-0.05, 0) is 35.8 Å². The molecule has 4 rings (SSSR count). The minimum Gasteiger partial charge on any atom is -0.332 e. The first kappa shape index (κ1) is 11.0. The number of fused-ring (bicyclic) bond motifs is 3. The molecule has 3 nitrogen and oxygen atoms in total. The largest absolute Gasteiger partial charge is 0.332 e. The number of carbonyl (C=O) groups excluding carboxylic acids is 1. The third-order valence-electron chi connectivity index (χ3n) is 4.67. The van der Waals surface area contributed by atoms with Crippen LogP contribution >= 0.6 is 0 Å². The Morgan fingerprint density at radius 1 is 1.37 bits per heavy atom. The number of nitrogens with zero attached hydrogens (tertiary/aromatic N) is 2. The lowest BCUT2D eigenvalue weighted by atomic mass is 9.92. The van der Waals surface area contributed by atoms with E-state index in [-0.39, 0.29) is 11.7 Å². The second-order valence-corrected chi connectivity index (χ2v) is 5.68. The Labute approximate surface area is 112 Å². The van der Waals surface area contributed by atoms with E-state index in [1.165, 1.54) is 11.1 Å². The molecular weight excluding hydrogens is 236 g/mol. The zero-order valence-corrected chi connectivity index (χ0v) is 10.9. The van der Waals surface area contributed by atoms with Crippen LogP contribution in [0.25, 0.3) is 0 Å². The molecule has 0 aliphatic heterocycles.